The Bertz CT molecular complexity index is 449. The third-order valence-electron chi connectivity index (χ3n) is 3.07. The highest BCUT2D eigenvalue weighted by Crippen LogP contribution is 2.35. The highest BCUT2D eigenvalue weighted by atomic mass is 32.1. The lowest BCUT2D eigenvalue weighted by molar-refractivity contribution is 0.183. The lowest BCUT2D eigenvalue weighted by Gasteiger charge is -2.06. The van der Waals surface area contributed by atoms with E-state index < -0.39 is 0 Å². The number of hydrogen-bond donors (Lipinski definition) is 1. The predicted octanol–water partition coefficient (Wildman–Crippen LogP) is 3.57. The molecular weight excluding hydrogens is 236 g/mol. The summed E-state index contributed by atoms with van der Waals surface area (Å²) >= 11 is 3.53. The number of fused-ring (bicyclic) bond motifs is 1. The number of thiophene rings is 2. The molecule has 84 valence electrons. The Morgan fingerprint density at radius 3 is 3.06 bits per heavy atom. The molecule has 1 aliphatic rings. The first-order chi connectivity index (χ1) is 7.83. The summed E-state index contributed by atoms with van der Waals surface area (Å²) in [4.78, 5) is 3.92. The van der Waals surface area contributed by atoms with Crippen molar-refractivity contribution >= 4 is 22.7 Å². The summed E-state index contributed by atoms with van der Waals surface area (Å²) in [6.07, 6.45) is 4.16. The molecule has 16 heavy (non-hydrogen) atoms. The van der Waals surface area contributed by atoms with Gasteiger partial charge in [0.1, 0.15) is 0 Å². The lowest BCUT2D eigenvalue weighted by Crippen LogP contribution is -1.97. The van der Waals surface area contributed by atoms with Crippen LogP contribution in [0.5, 0.6) is 0 Å². The van der Waals surface area contributed by atoms with Crippen molar-refractivity contribution in [3.63, 3.8) is 0 Å². The van der Waals surface area contributed by atoms with Crippen LogP contribution in [-0.4, -0.2) is 5.11 Å². The maximum atomic E-state index is 10.2. The highest BCUT2D eigenvalue weighted by Gasteiger charge is 2.19. The summed E-state index contributed by atoms with van der Waals surface area (Å²) in [5.41, 5.74) is 1.48. The number of aryl methyl sites for hydroxylation is 2. The molecule has 0 bridgehead atoms. The van der Waals surface area contributed by atoms with Gasteiger partial charge in [-0.05, 0) is 42.3 Å². The van der Waals surface area contributed by atoms with E-state index in [0.29, 0.717) is 0 Å². The van der Waals surface area contributed by atoms with Gasteiger partial charge in [-0.25, -0.2) is 0 Å². The van der Waals surface area contributed by atoms with Crippen LogP contribution >= 0.6 is 22.7 Å². The average Bonchev–Trinajstić information content (AvgIpc) is 2.91. The molecular formula is C13H14OS2. The van der Waals surface area contributed by atoms with Crippen LogP contribution in [-0.2, 0) is 19.3 Å². The van der Waals surface area contributed by atoms with Crippen molar-refractivity contribution < 1.29 is 5.11 Å². The Labute approximate surface area is 103 Å². The topological polar surface area (TPSA) is 20.2 Å². The van der Waals surface area contributed by atoms with Crippen molar-refractivity contribution in [2.75, 3.05) is 0 Å². The van der Waals surface area contributed by atoms with Crippen LogP contribution in [0.3, 0.4) is 0 Å². The third kappa shape index (κ3) is 1.95. The minimum Gasteiger partial charge on any atom is -0.387 e. The van der Waals surface area contributed by atoms with Gasteiger partial charge in [0.15, 0.2) is 0 Å². The molecule has 0 aromatic carbocycles. The van der Waals surface area contributed by atoms with Gasteiger partial charge in [0.2, 0.25) is 0 Å². The second kappa shape index (κ2) is 4.32. The summed E-state index contributed by atoms with van der Waals surface area (Å²) in [6.45, 7) is 0. The fraction of sp³-hybridized carbons (Fsp3) is 0.385. The van der Waals surface area contributed by atoms with E-state index in [1.54, 1.807) is 22.7 Å². The molecule has 2 heterocycles. The minimum atomic E-state index is -0.311. The van der Waals surface area contributed by atoms with Crippen LogP contribution in [0.2, 0.25) is 0 Å². The van der Waals surface area contributed by atoms with Crippen molar-refractivity contribution in [1.29, 1.82) is 0 Å². The van der Waals surface area contributed by atoms with Crippen molar-refractivity contribution in [1.82, 2.24) is 0 Å². The molecule has 1 nitrogen and oxygen atoms in total. The molecule has 1 aliphatic carbocycles. The first kappa shape index (κ1) is 10.5. The molecule has 1 N–H and O–H groups in total. The van der Waals surface area contributed by atoms with Gasteiger partial charge in [-0.1, -0.05) is 6.07 Å². The SMILES string of the molecule is OC(Cc1cccs1)c1cc2c(s1)CCC2. The summed E-state index contributed by atoms with van der Waals surface area (Å²) in [7, 11) is 0. The Kier molecular flexibility index (Phi) is 2.84. The minimum absolute atomic E-state index is 0.311. The van der Waals surface area contributed by atoms with Crippen molar-refractivity contribution in [2.45, 2.75) is 31.8 Å². The van der Waals surface area contributed by atoms with Gasteiger partial charge >= 0.3 is 0 Å². The molecule has 0 saturated heterocycles. The third-order valence-corrected chi connectivity index (χ3v) is 5.31. The fourth-order valence-corrected chi connectivity index (χ4v) is 4.22. The van der Waals surface area contributed by atoms with Gasteiger partial charge in [0, 0.05) is 21.1 Å². The Morgan fingerprint density at radius 2 is 2.31 bits per heavy atom. The molecule has 1 unspecified atom stereocenters. The van der Waals surface area contributed by atoms with Crippen LogP contribution in [0.4, 0.5) is 0 Å². The zero-order valence-electron chi connectivity index (χ0n) is 8.98. The van der Waals surface area contributed by atoms with Gasteiger partial charge < -0.3 is 5.11 Å². The van der Waals surface area contributed by atoms with Gasteiger partial charge in [0.05, 0.1) is 6.10 Å². The number of rotatable bonds is 3. The quantitative estimate of drug-likeness (QED) is 0.883. The lowest BCUT2D eigenvalue weighted by atomic mass is 10.1. The first-order valence-corrected chi connectivity index (χ1v) is 7.34. The van der Waals surface area contributed by atoms with Gasteiger partial charge in [-0.15, -0.1) is 22.7 Å². The zero-order valence-corrected chi connectivity index (χ0v) is 10.6. The van der Waals surface area contributed by atoms with Crippen LogP contribution in [0.15, 0.2) is 23.6 Å². The molecule has 0 fully saturated rings. The molecule has 3 heteroatoms. The average molecular weight is 250 g/mol. The highest BCUT2D eigenvalue weighted by molar-refractivity contribution is 7.12. The van der Waals surface area contributed by atoms with E-state index in [1.165, 1.54) is 34.6 Å². The zero-order chi connectivity index (χ0) is 11.0. The second-order valence-corrected chi connectivity index (χ2v) is 6.45. The summed E-state index contributed by atoms with van der Waals surface area (Å²) < 4.78 is 0. The van der Waals surface area contributed by atoms with Crippen LogP contribution < -0.4 is 0 Å². The van der Waals surface area contributed by atoms with Gasteiger partial charge in [-0.3, -0.25) is 0 Å². The molecule has 3 rings (SSSR count). The first-order valence-electron chi connectivity index (χ1n) is 5.65. The normalized spacial score (nSPS) is 16.3. The van der Waals surface area contributed by atoms with Crippen molar-refractivity contribution in [3.05, 3.63) is 43.8 Å². The van der Waals surface area contributed by atoms with E-state index in [9.17, 15) is 5.11 Å². The summed E-state index contributed by atoms with van der Waals surface area (Å²) in [5.74, 6) is 0. The second-order valence-electron chi connectivity index (χ2n) is 4.25. The van der Waals surface area contributed by atoms with E-state index in [2.05, 4.69) is 17.5 Å². The van der Waals surface area contributed by atoms with Crippen LogP contribution in [0.1, 0.15) is 32.7 Å². The Morgan fingerprint density at radius 1 is 1.38 bits per heavy atom. The molecule has 0 aliphatic heterocycles. The number of aliphatic hydroxyl groups is 1. The van der Waals surface area contributed by atoms with E-state index in [4.69, 9.17) is 0 Å². The van der Waals surface area contributed by atoms with E-state index in [-0.39, 0.29) is 6.10 Å². The molecule has 0 saturated carbocycles. The van der Waals surface area contributed by atoms with Gasteiger partial charge in [-0.2, -0.15) is 0 Å². The van der Waals surface area contributed by atoms with Crippen molar-refractivity contribution in [3.8, 4) is 0 Å². The molecule has 0 spiro atoms. The summed E-state index contributed by atoms with van der Waals surface area (Å²) in [6, 6.07) is 6.35. The molecule has 2 aromatic rings. The predicted molar refractivity (Wildman–Crippen MR) is 69.3 cm³/mol. The number of aliphatic hydroxyl groups excluding tert-OH is 1. The van der Waals surface area contributed by atoms with Crippen LogP contribution in [0, 0.1) is 0 Å². The Balaban J connectivity index is 1.76. The maximum Gasteiger partial charge on any atom is 0.0930 e. The smallest absolute Gasteiger partial charge is 0.0930 e. The standard InChI is InChI=1S/C13H14OS2/c14-11(8-10-4-2-6-15-10)13-7-9-3-1-5-12(9)16-13/h2,4,6-7,11,14H,1,3,5,8H2. The maximum absolute atomic E-state index is 10.2. The van der Waals surface area contributed by atoms with Gasteiger partial charge in [0.25, 0.3) is 0 Å². The van der Waals surface area contributed by atoms with Crippen LogP contribution in [0.25, 0.3) is 0 Å². The summed E-state index contributed by atoms with van der Waals surface area (Å²) in [5, 5.41) is 12.2. The monoisotopic (exact) mass is 250 g/mol. The largest absolute Gasteiger partial charge is 0.387 e. The molecule has 0 amide bonds. The van der Waals surface area contributed by atoms with E-state index >= 15 is 0 Å². The number of hydrogen-bond acceptors (Lipinski definition) is 3. The molecule has 1 atom stereocenters. The molecule has 2 aromatic heterocycles. The van der Waals surface area contributed by atoms with E-state index in [0.717, 1.165) is 11.3 Å². The Hall–Kier alpha value is -0.640. The van der Waals surface area contributed by atoms with E-state index in [1.807, 2.05) is 6.07 Å². The molecule has 0 radical (unpaired) electrons. The van der Waals surface area contributed by atoms with Crippen molar-refractivity contribution in [2.24, 2.45) is 0 Å². The fourth-order valence-electron chi connectivity index (χ4n) is 2.24.